The van der Waals surface area contributed by atoms with Gasteiger partial charge < -0.3 is 10.5 Å². The monoisotopic (exact) mass is 284 g/mol. The van der Waals surface area contributed by atoms with Crippen molar-refractivity contribution in [2.75, 3.05) is 26.7 Å². The summed E-state index contributed by atoms with van der Waals surface area (Å²) in [6, 6.07) is 0. The van der Waals surface area contributed by atoms with Gasteiger partial charge in [0.1, 0.15) is 0 Å². The van der Waals surface area contributed by atoms with E-state index < -0.39 is 0 Å². The summed E-state index contributed by atoms with van der Waals surface area (Å²) in [7, 11) is 1.85. The fourth-order valence-electron chi connectivity index (χ4n) is 3.93. The quantitative estimate of drug-likeness (QED) is 0.780. The molecule has 1 atom stereocenters. The first-order valence-electron chi connectivity index (χ1n) is 8.27. The summed E-state index contributed by atoms with van der Waals surface area (Å²) in [5, 5.41) is 0. The summed E-state index contributed by atoms with van der Waals surface area (Å²) in [5.74, 6) is 1.35. The summed E-state index contributed by atoms with van der Waals surface area (Å²) >= 11 is 0. The molecule has 0 bridgehead atoms. The fourth-order valence-corrected chi connectivity index (χ4v) is 3.93. The summed E-state index contributed by atoms with van der Waals surface area (Å²) in [5.41, 5.74) is 6.42. The molecule has 0 radical (unpaired) electrons. The molecular formula is C17H36N2O. The minimum atomic E-state index is -0.00731. The van der Waals surface area contributed by atoms with E-state index in [2.05, 4.69) is 39.5 Å². The molecule has 3 nitrogen and oxygen atoms in total. The molecule has 1 aliphatic heterocycles. The number of nitrogens with zero attached hydrogens (tertiary/aromatic N) is 1. The topological polar surface area (TPSA) is 38.5 Å². The van der Waals surface area contributed by atoms with E-state index in [1.807, 2.05) is 7.11 Å². The predicted octanol–water partition coefficient (Wildman–Crippen LogP) is 3.28. The lowest BCUT2D eigenvalue weighted by molar-refractivity contribution is -0.0878. The number of nitrogens with two attached hydrogens (primary N) is 1. The summed E-state index contributed by atoms with van der Waals surface area (Å²) < 4.78 is 5.78. The van der Waals surface area contributed by atoms with Crippen LogP contribution in [0.1, 0.15) is 60.3 Å². The molecule has 0 aromatic rings. The van der Waals surface area contributed by atoms with Crippen molar-refractivity contribution in [1.82, 2.24) is 4.90 Å². The maximum absolute atomic E-state index is 6.28. The van der Waals surface area contributed by atoms with Gasteiger partial charge in [0.25, 0.3) is 0 Å². The minimum absolute atomic E-state index is 0.00731. The summed E-state index contributed by atoms with van der Waals surface area (Å²) in [4.78, 5) is 2.64. The van der Waals surface area contributed by atoms with Crippen LogP contribution in [0.25, 0.3) is 0 Å². The number of rotatable bonds is 7. The molecule has 20 heavy (non-hydrogen) atoms. The second-order valence-electron chi connectivity index (χ2n) is 7.80. The van der Waals surface area contributed by atoms with Gasteiger partial charge in [0.15, 0.2) is 0 Å². The third-order valence-corrected chi connectivity index (χ3v) is 4.78. The fraction of sp³-hybridized carbons (Fsp3) is 1.00. The van der Waals surface area contributed by atoms with Crippen LogP contribution in [0.4, 0.5) is 0 Å². The zero-order chi connectivity index (χ0) is 15.4. The average Bonchev–Trinajstić information content (AvgIpc) is 2.36. The van der Waals surface area contributed by atoms with Crippen LogP contribution in [0.2, 0.25) is 0 Å². The molecule has 0 spiro atoms. The highest BCUT2D eigenvalue weighted by Crippen LogP contribution is 2.35. The number of ether oxygens (including phenoxy) is 1. The second kappa shape index (κ2) is 7.24. The standard InChI is InChI=1S/C17H36N2O/c1-14(2)10-17(12-18,11-15(3)4)19-9-7-8-16(5,13-19)20-6/h14-15H,7-13,18H2,1-6H3. The Hall–Kier alpha value is -0.120. The van der Waals surface area contributed by atoms with Gasteiger partial charge in [-0.2, -0.15) is 0 Å². The first-order chi connectivity index (χ1) is 9.27. The lowest BCUT2D eigenvalue weighted by Gasteiger charge is -2.51. The molecule has 0 saturated carbocycles. The highest BCUT2D eigenvalue weighted by Gasteiger charge is 2.42. The Balaban J connectivity index is 2.96. The SMILES string of the molecule is COC1(C)CCCN(C(CN)(CC(C)C)CC(C)C)C1. The molecule has 0 aliphatic carbocycles. The van der Waals surface area contributed by atoms with Gasteiger partial charge >= 0.3 is 0 Å². The molecule has 1 fully saturated rings. The maximum Gasteiger partial charge on any atom is 0.0777 e. The Morgan fingerprint density at radius 1 is 1.20 bits per heavy atom. The van der Waals surface area contributed by atoms with E-state index in [4.69, 9.17) is 10.5 Å². The van der Waals surface area contributed by atoms with Gasteiger partial charge in [0.05, 0.1) is 5.60 Å². The van der Waals surface area contributed by atoms with Gasteiger partial charge in [-0.15, -0.1) is 0 Å². The van der Waals surface area contributed by atoms with Gasteiger partial charge in [-0.3, -0.25) is 4.90 Å². The Bertz CT molecular complexity index is 281. The van der Waals surface area contributed by atoms with Crippen LogP contribution in [-0.2, 0) is 4.74 Å². The third-order valence-electron chi connectivity index (χ3n) is 4.78. The Morgan fingerprint density at radius 3 is 2.15 bits per heavy atom. The average molecular weight is 284 g/mol. The van der Waals surface area contributed by atoms with Gasteiger partial charge in [-0.1, -0.05) is 27.7 Å². The molecule has 120 valence electrons. The lowest BCUT2D eigenvalue weighted by atomic mass is 9.78. The van der Waals surface area contributed by atoms with Crippen molar-refractivity contribution in [2.45, 2.75) is 71.4 Å². The Morgan fingerprint density at radius 2 is 1.75 bits per heavy atom. The van der Waals surface area contributed by atoms with Crippen molar-refractivity contribution in [2.24, 2.45) is 17.6 Å². The van der Waals surface area contributed by atoms with E-state index in [-0.39, 0.29) is 11.1 Å². The molecule has 1 saturated heterocycles. The van der Waals surface area contributed by atoms with Crippen LogP contribution in [-0.4, -0.2) is 42.8 Å². The Kier molecular flexibility index (Phi) is 6.49. The van der Waals surface area contributed by atoms with Crippen molar-refractivity contribution < 1.29 is 4.74 Å². The van der Waals surface area contributed by atoms with E-state index in [1.54, 1.807) is 0 Å². The van der Waals surface area contributed by atoms with Crippen LogP contribution in [0.5, 0.6) is 0 Å². The van der Waals surface area contributed by atoms with Crippen molar-refractivity contribution in [1.29, 1.82) is 0 Å². The summed E-state index contributed by atoms with van der Waals surface area (Å²) in [6.45, 7) is 14.4. The van der Waals surface area contributed by atoms with Crippen LogP contribution < -0.4 is 5.73 Å². The number of hydrogen-bond acceptors (Lipinski definition) is 3. The molecule has 0 aromatic carbocycles. The maximum atomic E-state index is 6.28. The first kappa shape index (κ1) is 17.9. The van der Waals surface area contributed by atoms with E-state index in [1.165, 1.54) is 19.3 Å². The highest BCUT2D eigenvalue weighted by atomic mass is 16.5. The molecule has 3 heteroatoms. The molecular weight excluding hydrogens is 248 g/mol. The Labute approximate surface area is 126 Å². The molecule has 1 heterocycles. The number of piperidine rings is 1. The van der Waals surface area contributed by atoms with Gasteiger partial charge in [0, 0.05) is 25.7 Å². The highest BCUT2D eigenvalue weighted by molar-refractivity contribution is 4.98. The zero-order valence-corrected chi connectivity index (χ0v) is 14.5. The van der Waals surface area contributed by atoms with Crippen molar-refractivity contribution in [3.05, 3.63) is 0 Å². The molecule has 1 unspecified atom stereocenters. The van der Waals surface area contributed by atoms with Crippen LogP contribution >= 0.6 is 0 Å². The molecule has 2 N–H and O–H groups in total. The minimum Gasteiger partial charge on any atom is -0.377 e. The van der Waals surface area contributed by atoms with Crippen molar-refractivity contribution in [3.8, 4) is 0 Å². The molecule has 0 amide bonds. The van der Waals surface area contributed by atoms with Gasteiger partial charge in [-0.05, 0) is 51.0 Å². The second-order valence-corrected chi connectivity index (χ2v) is 7.80. The normalized spacial score (nSPS) is 25.6. The van der Waals surface area contributed by atoms with Crippen LogP contribution in [0.3, 0.4) is 0 Å². The number of hydrogen-bond donors (Lipinski definition) is 1. The molecule has 1 aliphatic rings. The van der Waals surface area contributed by atoms with Crippen LogP contribution in [0.15, 0.2) is 0 Å². The lowest BCUT2D eigenvalue weighted by Crippen LogP contribution is -2.61. The van der Waals surface area contributed by atoms with E-state index in [0.717, 1.165) is 26.1 Å². The third kappa shape index (κ3) is 4.44. The largest absolute Gasteiger partial charge is 0.377 e. The summed E-state index contributed by atoms with van der Waals surface area (Å²) in [6.07, 6.45) is 4.73. The van der Waals surface area contributed by atoms with E-state index >= 15 is 0 Å². The van der Waals surface area contributed by atoms with Gasteiger partial charge in [0.2, 0.25) is 0 Å². The molecule has 0 aromatic heterocycles. The van der Waals surface area contributed by atoms with Crippen molar-refractivity contribution >= 4 is 0 Å². The number of likely N-dealkylation sites (tertiary alicyclic amines) is 1. The van der Waals surface area contributed by atoms with Gasteiger partial charge in [-0.25, -0.2) is 0 Å². The van der Waals surface area contributed by atoms with E-state index in [9.17, 15) is 0 Å². The molecule has 1 rings (SSSR count). The zero-order valence-electron chi connectivity index (χ0n) is 14.5. The predicted molar refractivity (Wildman–Crippen MR) is 86.9 cm³/mol. The van der Waals surface area contributed by atoms with Crippen molar-refractivity contribution in [3.63, 3.8) is 0 Å². The smallest absolute Gasteiger partial charge is 0.0777 e. The van der Waals surface area contributed by atoms with Crippen LogP contribution in [0, 0.1) is 11.8 Å². The van der Waals surface area contributed by atoms with E-state index in [0.29, 0.717) is 11.8 Å². The first-order valence-corrected chi connectivity index (χ1v) is 8.27. The number of methoxy groups -OCH3 is 1.